The molecule has 0 aliphatic rings. The molecule has 2 N–H and O–H groups in total. The summed E-state index contributed by atoms with van der Waals surface area (Å²) >= 11 is 7.14. The molecule has 7 nitrogen and oxygen atoms in total. The van der Waals surface area contributed by atoms with Crippen molar-refractivity contribution in [3.05, 3.63) is 47.2 Å². The molecule has 0 radical (unpaired) electrons. The summed E-state index contributed by atoms with van der Waals surface area (Å²) in [6.45, 7) is 0. The van der Waals surface area contributed by atoms with Gasteiger partial charge in [0.1, 0.15) is 16.7 Å². The van der Waals surface area contributed by atoms with Gasteiger partial charge < -0.3 is 5.32 Å². The van der Waals surface area contributed by atoms with Crippen LogP contribution < -0.4 is 10.6 Å². The van der Waals surface area contributed by atoms with Gasteiger partial charge in [0.05, 0.1) is 0 Å². The first-order valence-electron chi connectivity index (χ1n) is 6.57. The lowest BCUT2D eigenvalue weighted by atomic mass is 10.2. The van der Waals surface area contributed by atoms with Gasteiger partial charge in [-0.15, -0.1) is 10.2 Å². The van der Waals surface area contributed by atoms with Crippen molar-refractivity contribution in [2.75, 3.05) is 17.7 Å². The summed E-state index contributed by atoms with van der Waals surface area (Å²) in [5.74, 6) is 0.170. The van der Waals surface area contributed by atoms with Gasteiger partial charge in [-0.2, -0.15) is 0 Å². The minimum atomic E-state index is -0.338. The highest BCUT2D eigenvalue weighted by molar-refractivity contribution is 7.18. The van der Waals surface area contributed by atoms with E-state index in [4.69, 9.17) is 11.6 Å². The van der Waals surface area contributed by atoms with Gasteiger partial charge in [-0.3, -0.25) is 15.1 Å². The van der Waals surface area contributed by atoms with Crippen LogP contribution in [0.2, 0.25) is 5.15 Å². The van der Waals surface area contributed by atoms with E-state index in [1.165, 1.54) is 17.4 Å². The maximum Gasteiger partial charge on any atom is 0.257 e. The summed E-state index contributed by atoms with van der Waals surface area (Å²) in [7, 11) is 1.70. The van der Waals surface area contributed by atoms with E-state index in [1.54, 1.807) is 19.3 Å². The van der Waals surface area contributed by atoms with Gasteiger partial charge in [0.15, 0.2) is 5.01 Å². The highest BCUT2D eigenvalue weighted by Crippen LogP contribution is 2.25. The van der Waals surface area contributed by atoms with Crippen molar-refractivity contribution in [3.63, 3.8) is 0 Å². The average molecular weight is 347 g/mol. The predicted molar refractivity (Wildman–Crippen MR) is 89.9 cm³/mol. The van der Waals surface area contributed by atoms with Crippen LogP contribution in [-0.2, 0) is 0 Å². The number of carbonyl (C=O) groups is 1. The first-order chi connectivity index (χ1) is 11.2. The molecule has 3 rings (SSSR count). The van der Waals surface area contributed by atoms with E-state index in [0.29, 0.717) is 27.2 Å². The van der Waals surface area contributed by atoms with E-state index < -0.39 is 0 Å². The van der Waals surface area contributed by atoms with E-state index >= 15 is 0 Å². The number of halogens is 1. The second kappa shape index (κ2) is 6.67. The molecule has 0 aromatic carbocycles. The Bertz CT molecular complexity index is 838. The normalized spacial score (nSPS) is 10.3. The summed E-state index contributed by atoms with van der Waals surface area (Å²) in [6, 6.07) is 8.59. The van der Waals surface area contributed by atoms with Crippen molar-refractivity contribution < 1.29 is 4.79 Å². The molecule has 3 aromatic heterocycles. The van der Waals surface area contributed by atoms with Crippen LogP contribution in [0.3, 0.4) is 0 Å². The average Bonchev–Trinajstić information content (AvgIpc) is 3.03. The lowest BCUT2D eigenvalue weighted by Gasteiger charge is -2.04. The fourth-order valence-electron chi connectivity index (χ4n) is 1.79. The van der Waals surface area contributed by atoms with Crippen molar-refractivity contribution in [1.29, 1.82) is 0 Å². The van der Waals surface area contributed by atoms with E-state index in [0.717, 1.165) is 0 Å². The summed E-state index contributed by atoms with van der Waals surface area (Å²) in [4.78, 5) is 20.5. The smallest absolute Gasteiger partial charge is 0.257 e. The largest absolute Gasteiger partial charge is 0.373 e. The SMILES string of the molecule is CNc1cc(C(=O)Nc2nnc(-c3ccccn3)s2)cc(Cl)n1. The fourth-order valence-corrected chi connectivity index (χ4v) is 2.72. The molecule has 0 aliphatic heterocycles. The monoisotopic (exact) mass is 346 g/mol. The van der Waals surface area contributed by atoms with Gasteiger partial charge in [0, 0.05) is 18.8 Å². The number of pyridine rings is 2. The van der Waals surface area contributed by atoms with Crippen LogP contribution in [0.5, 0.6) is 0 Å². The van der Waals surface area contributed by atoms with Crippen LogP contribution >= 0.6 is 22.9 Å². The Morgan fingerprint density at radius 3 is 2.87 bits per heavy atom. The summed E-state index contributed by atoms with van der Waals surface area (Å²) in [6.07, 6.45) is 1.67. The molecule has 0 spiro atoms. The third-order valence-electron chi connectivity index (χ3n) is 2.84. The zero-order chi connectivity index (χ0) is 16.2. The van der Waals surface area contributed by atoms with Gasteiger partial charge in [0.25, 0.3) is 5.91 Å². The van der Waals surface area contributed by atoms with Gasteiger partial charge in [-0.05, 0) is 24.3 Å². The van der Waals surface area contributed by atoms with E-state index in [1.807, 2.05) is 18.2 Å². The Hall–Kier alpha value is -2.58. The third-order valence-corrected chi connectivity index (χ3v) is 3.90. The highest BCUT2D eigenvalue weighted by atomic mass is 35.5. The van der Waals surface area contributed by atoms with Crippen LogP contribution in [0.4, 0.5) is 10.9 Å². The van der Waals surface area contributed by atoms with Gasteiger partial charge in [-0.1, -0.05) is 29.0 Å². The molecule has 0 fully saturated rings. The number of amides is 1. The van der Waals surface area contributed by atoms with Gasteiger partial charge in [0.2, 0.25) is 5.13 Å². The molecular formula is C14H11ClN6OS. The van der Waals surface area contributed by atoms with Crippen LogP contribution in [-0.4, -0.2) is 33.1 Å². The van der Waals surface area contributed by atoms with Crippen molar-refractivity contribution >= 4 is 39.8 Å². The van der Waals surface area contributed by atoms with Crippen LogP contribution in [0, 0.1) is 0 Å². The number of rotatable bonds is 4. The van der Waals surface area contributed by atoms with E-state index in [9.17, 15) is 4.79 Å². The molecule has 0 atom stereocenters. The molecule has 0 saturated carbocycles. The molecule has 0 bridgehead atoms. The van der Waals surface area contributed by atoms with Gasteiger partial charge in [-0.25, -0.2) is 4.98 Å². The van der Waals surface area contributed by atoms with Crippen LogP contribution in [0.1, 0.15) is 10.4 Å². The summed E-state index contributed by atoms with van der Waals surface area (Å²) in [5, 5.41) is 14.8. The first kappa shape index (κ1) is 15.3. The minimum Gasteiger partial charge on any atom is -0.373 e. The van der Waals surface area contributed by atoms with E-state index in [-0.39, 0.29) is 11.1 Å². The Morgan fingerprint density at radius 2 is 2.13 bits per heavy atom. The quantitative estimate of drug-likeness (QED) is 0.705. The maximum absolute atomic E-state index is 12.3. The van der Waals surface area contributed by atoms with E-state index in [2.05, 4.69) is 30.8 Å². The molecule has 3 heterocycles. The Labute approximate surface area is 140 Å². The number of hydrogen-bond donors (Lipinski definition) is 2. The lowest BCUT2D eigenvalue weighted by Crippen LogP contribution is -2.12. The molecule has 1 amide bonds. The Balaban J connectivity index is 1.79. The van der Waals surface area contributed by atoms with Crippen LogP contribution in [0.25, 0.3) is 10.7 Å². The fraction of sp³-hybridized carbons (Fsp3) is 0.0714. The number of anilines is 2. The lowest BCUT2D eigenvalue weighted by molar-refractivity contribution is 0.102. The Kier molecular flexibility index (Phi) is 4.45. The maximum atomic E-state index is 12.3. The Morgan fingerprint density at radius 1 is 1.26 bits per heavy atom. The van der Waals surface area contributed by atoms with Crippen molar-refractivity contribution in [2.45, 2.75) is 0 Å². The summed E-state index contributed by atoms with van der Waals surface area (Å²) < 4.78 is 0. The standard InChI is InChI=1S/C14H11ClN6OS/c1-16-11-7-8(6-10(15)18-11)12(22)19-14-21-20-13(23-14)9-4-2-3-5-17-9/h2-7H,1H3,(H,16,18)(H,19,21,22). The highest BCUT2D eigenvalue weighted by Gasteiger charge is 2.13. The molecular weight excluding hydrogens is 336 g/mol. The number of hydrogen-bond acceptors (Lipinski definition) is 7. The van der Waals surface area contributed by atoms with Crippen LogP contribution in [0.15, 0.2) is 36.5 Å². The zero-order valence-corrected chi connectivity index (χ0v) is 13.5. The van der Waals surface area contributed by atoms with Gasteiger partial charge >= 0.3 is 0 Å². The molecule has 116 valence electrons. The topological polar surface area (TPSA) is 92.7 Å². The molecule has 3 aromatic rings. The number of nitrogens with zero attached hydrogens (tertiary/aromatic N) is 4. The molecule has 0 unspecified atom stereocenters. The molecule has 0 aliphatic carbocycles. The molecule has 0 saturated heterocycles. The second-order valence-corrected chi connectivity index (χ2v) is 5.76. The minimum absolute atomic E-state index is 0.230. The number of nitrogens with one attached hydrogen (secondary N) is 2. The van der Waals surface area contributed by atoms with Crippen molar-refractivity contribution in [2.24, 2.45) is 0 Å². The number of carbonyl (C=O) groups excluding carboxylic acids is 1. The second-order valence-electron chi connectivity index (χ2n) is 4.40. The first-order valence-corrected chi connectivity index (χ1v) is 7.77. The van der Waals surface area contributed by atoms with Crippen molar-refractivity contribution in [3.8, 4) is 10.7 Å². The molecule has 23 heavy (non-hydrogen) atoms. The third kappa shape index (κ3) is 3.61. The summed E-state index contributed by atoms with van der Waals surface area (Å²) in [5.41, 5.74) is 1.08. The zero-order valence-electron chi connectivity index (χ0n) is 11.9. The van der Waals surface area contributed by atoms with Crippen molar-refractivity contribution in [1.82, 2.24) is 20.2 Å². The predicted octanol–water partition coefficient (Wildman–Crippen LogP) is 2.94. The number of aromatic nitrogens is 4. The molecule has 9 heteroatoms.